The van der Waals surface area contributed by atoms with Gasteiger partial charge in [0.2, 0.25) is 0 Å². The molecule has 0 saturated heterocycles. The van der Waals surface area contributed by atoms with Crippen molar-refractivity contribution in [2.24, 2.45) is 0 Å². The summed E-state index contributed by atoms with van der Waals surface area (Å²) in [7, 11) is 0. The highest BCUT2D eigenvalue weighted by Crippen LogP contribution is 2.30. The number of thioether (sulfide) groups is 1. The van der Waals surface area contributed by atoms with Crippen LogP contribution in [0.3, 0.4) is 0 Å². The van der Waals surface area contributed by atoms with Gasteiger partial charge in [-0.05, 0) is 23.8 Å². The first-order chi connectivity index (χ1) is 15.3. The first-order valence-electron chi connectivity index (χ1n) is 8.90. The second-order valence-electron chi connectivity index (χ2n) is 6.41. The molecule has 0 spiro atoms. The maximum atomic E-state index is 13.2. The minimum atomic E-state index is -4.44. The molecule has 4 rings (SSSR count). The van der Waals surface area contributed by atoms with Crippen molar-refractivity contribution in [1.29, 1.82) is 0 Å². The van der Waals surface area contributed by atoms with Crippen LogP contribution < -0.4 is 11.1 Å². The van der Waals surface area contributed by atoms with E-state index >= 15 is 0 Å². The minimum absolute atomic E-state index is 0.0224. The van der Waals surface area contributed by atoms with Crippen LogP contribution in [0.25, 0.3) is 17.4 Å². The topological polar surface area (TPSA) is 97.9 Å². The van der Waals surface area contributed by atoms with Gasteiger partial charge in [0.25, 0.3) is 11.1 Å². The van der Waals surface area contributed by atoms with Crippen LogP contribution in [0, 0.1) is 0 Å². The molecule has 0 unspecified atom stereocenters. The van der Waals surface area contributed by atoms with Gasteiger partial charge in [0.1, 0.15) is 0 Å². The SMILES string of the molecule is O=c1cnc(-n2c(SCc3ccc(C(F)(F)F)cc3)nn3ncc(/C=C/F)c3c2=O)c[nH]1. The second-order valence-corrected chi connectivity index (χ2v) is 7.35. The van der Waals surface area contributed by atoms with Crippen molar-refractivity contribution in [1.82, 2.24) is 29.4 Å². The van der Waals surface area contributed by atoms with Crippen LogP contribution in [0.5, 0.6) is 0 Å². The third-order valence-electron chi connectivity index (χ3n) is 4.34. The minimum Gasteiger partial charge on any atom is -0.324 e. The molecule has 0 aliphatic carbocycles. The number of aromatic nitrogens is 6. The number of halogens is 4. The number of fused-ring (bicyclic) bond motifs is 1. The summed E-state index contributed by atoms with van der Waals surface area (Å²) < 4.78 is 53.1. The van der Waals surface area contributed by atoms with Gasteiger partial charge in [0, 0.05) is 17.5 Å². The monoisotopic (exact) mass is 464 g/mol. The predicted molar refractivity (Wildman–Crippen MR) is 108 cm³/mol. The number of H-pyrrole nitrogens is 1. The summed E-state index contributed by atoms with van der Waals surface area (Å²) in [6, 6.07) is 4.58. The van der Waals surface area contributed by atoms with Gasteiger partial charge in [-0.3, -0.25) is 9.59 Å². The van der Waals surface area contributed by atoms with Gasteiger partial charge in [-0.25, -0.2) is 13.9 Å². The second kappa shape index (κ2) is 8.42. The Kier molecular flexibility index (Phi) is 5.65. The van der Waals surface area contributed by atoms with Gasteiger partial charge >= 0.3 is 6.18 Å². The zero-order valence-corrected chi connectivity index (χ0v) is 16.7. The van der Waals surface area contributed by atoms with E-state index in [2.05, 4.69) is 20.2 Å². The molecule has 32 heavy (non-hydrogen) atoms. The molecule has 3 aromatic heterocycles. The van der Waals surface area contributed by atoms with Crippen LogP contribution in [-0.4, -0.2) is 29.4 Å². The van der Waals surface area contributed by atoms with Crippen LogP contribution in [0.4, 0.5) is 17.6 Å². The fourth-order valence-electron chi connectivity index (χ4n) is 2.83. The molecule has 1 N–H and O–H groups in total. The smallest absolute Gasteiger partial charge is 0.324 e. The van der Waals surface area contributed by atoms with Crippen molar-refractivity contribution in [2.75, 3.05) is 0 Å². The molecular formula is C19H12F4N6O2S. The molecule has 0 aliphatic rings. The predicted octanol–water partition coefficient (Wildman–Crippen LogP) is 3.21. The van der Waals surface area contributed by atoms with E-state index in [4.69, 9.17) is 0 Å². The highest BCUT2D eigenvalue weighted by molar-refractivity contribution is 7.98. The van der Waals surface area contributed by atoms with Crippen molar-refractivity contribution >= 4 is 23.4 Å². The number of hydrogen-bond donors (Lipinski definition) is 1. The van der Waals surface area contributed by atoms with Crippen LogP contribution in [0.1, 0.15) is 16.7 Å². The van der Waals surface area contributed by atoms with E-state index in [0.29, 0.717) is 5.56 Å². The molecule has 0 saturated carbocycles. The fraction of sp³-hybridized carbons (Fsp3) is 0.105. The zero-order chi connectivity index (χ0) is 22.9. The summed E-state index contributed by atoms with van der Waals surface area (Å²) in [5.41, 5.74) is -1.17. The molecule has 0 radical (unpaired) electrons. The molecule has 0 amide bonds. The third-order valence-corrected chi connectivity index (χ3v) is 5.34. The number of nitrogens with one attached hydrogen (secondary N) is 1. The lowest BCUT2D eigenvalue weighted by atomic mass is 10.1. The largest absolute Gasteiger partial charge is 0.416 e. The molecule has 13 heteroatoms. The van der Waals surface area contributed by atoms with Crippen LogP contribution in [0.15, 0.2) is 63.9 Å². The van der Waals surface area contributed by atoms with Crippen molar-refractivity contribution in [3.8, 4) is 5.82 Å². The molecule has 0 bridgehead atoms. The normalized spacial score (nSPS) is 12.1. The summed E-state index contributed by atoms with van der Waals surface area (Å²) in [5.74, 6) is 0.230. The van der Waals surface area contributed by atoms with Gasteiger partial charge in [-0.2, -0.15) is 18.3 Å². The number of rotatable bonds is 5. The van der Waals surface area contributed by atoms with Gasteiger partial charge in [0.15, 0.2) is 16.5 Å². The molecule has 1 aromatic carbocycles. The fourth-order valence-corrected chi connectivity index (χ4v) is 3.76. The summed E-state index contributed by atoms with van der Waals surface area (Å²) >= 11 is 1.05. The quantitative estimate of drug-likeness (QED) is 0.360. The Labute approximate surface area is 180 Å². The molecule has 4 aromatic rings. The molecule has 0 aliphatic heterocycles. The van der Waals surface area contributed by atoms with Crippen molar-refractivity contribution in [3.05, 3.63) is 86.6 Å². The van der Waals surface area contributed by atoms with Gasteiger partial charge in [-0.1, -0.05) is 23.9 Å². The van der Waals surface area contributed by atoms with E-state index in [9.17, 15) is 27.2 Å². The Morgan fingerprint density at radius 1 is 1.12 bits per heavy atom. The van der Waals surface area contributed by atoms with Crippen molar-refractivity contribution < 1.29 is 17.6 Å². The number of aromatic amines is 1. The third kappa shape index (κ3) is 4.19. The highest BCUT2D eigenvalue weighted by Gasteiger charge is 2.30. The van der Waals surface area contributed by atoms with Crippen LogP contribution >= 0.6 is 11.8 Å². The van der Waals surface area contributed by atoms with Gasteiger partial charge in [-0.15, -0.1) is 9.73 Å². The zero-order valence-electron chi connectivity index (χ0n) is 15.9. The van der Waals surface area contributed by atoms with E-state index in [1.807, 2.05) is 0 Å². The van der Waals surface area contributed by atoms with E-state index in [1.165, 1.54) is 24.5 Å². The molecule has 8 nitrogen and oxygen atoms in total. The van der Waals surface area contributed by atoms with Crippen molar-refractivity contribution in [2.45, 2.75) is 17.1 Å². The number of alkyl halides is 3. The van der Waals surface area contributed by atoms with E-state index in [-0.39, 0.29) is 34.1 Å². The van der Waals surface area contributed by atoms with E-state index in [1.54, 1.807) is 0 Å². The van der Waals surface area contributed by atoms with Gasteiger partial charge < -0.3 is 4.98 Å². The number of benzene rings is 1. The van der Waals surface area contributed by atoms with E-state index < -0.39 is 22.9 Å². The Balaban J connectivity index is 1.77. The Bertz CT molecular complexity index is 1400. The standard InChI is InChI=1S/C19H12F4N6O2S/c20-6-5-12-7-26-29-16(12)17(31)28(14-8-25-15(30)9-24-14)18(27-29)32-10-11-1-3-13(4-2-11)19(21,22)23/h1-9H,10H2,(H,25,30)/b6-5+. The van der Waals surface area contributed by atoms with Crippen molar-refractivity contribution in [3.63, 3.8) is 0 Å². The summed E-state index contributed by atoms with van der Waals surface area (Å²) in [6.45, 7) is 0. The molecule has 3 heterocycles. The number of hydrogen-bond acceptors (Lipinski definition) is 6. The average molecular weight is 464 g/mol. The summed E-state index contributed by atoms with van der Waals surface area (Å²) in [5, 5.41) is 8.34. The summed E-state index contributed by atoms with van der Waals surface area (Å²) in [6.07, 6.45) is 0.312. The van der Waals surface area contributed by atoms with E-state index in [0.717, 1.165) is 45.4 Å². The highest BCUT2D eigenvalue weighted by atomic mass is 32.2. The Morgan fingerprint density at radius 3 is 2.50 bits per heavy atom. The maximum absolute atomic E-state index is 13.2. The van der Waals surface area contributed by atoms with Crippen LogP contribution in [-0.2, 0) is 11.9 Å². The maximum Gasteiger partial charge on any atom is 0.416 e. The lowest BCUT2D eigenvalue weighted by molar-refractivity contribution is -0.137. The Hall–Kier alpha value is -3.74. The molecular weight excluding hydrogens is 452 g/mol. The summed E-state index contributed by atoms with van der Waals surface area (Å²) in [4.78, 5) is 30.9. The first-order valence-corrected chi connectivity index (χ1v) is 9.88. The van der Waals surface area contributed by atoms with Gasteiger partial charge in [0.05, 0.1) is 24.3 Å². The number of nitrogens with zero attached hydrogens (tertiary/aromatic N) is 5. The Morgan fingerprint density at radius 2 is 1.88 bits per heavy atom. The lowest BCUT2D eigenvalue weighted by Gasteiger charge is -2.11. The molecule has 0 atom stereocenters. The molecule has 0 fully saturated rings. The lowest BCUT2D eigenvalue weighted by Crippen LogP contribution is -2.26. The van der Waals surface area contributed by atoms with Crippen LogP contribution in [0.2, 0.25) is 0 Å². The first kappa shape index (κ1) is 21.5. The average Bonchev–Trinajstić information content (AvgIpc) is 3.16. The molecule has 164 valence electrons.